The van der Waals surface area contributed by atoms with E-state index in [1.165, 1.54) is 0 Å². The minimum atomic E-state index is -3.14. The molecule has 8 heteroatoms. The predicted molar refractivity (Wildman–Crippen MR) is 122 cm³/mol. The summed E-state index contributed by atoms with van der Waals surface area (Å²) in [6.07, 6.45) is 4.55. The SMILES string of the molecule is CCNC(=NCCCS(=O)(=O)Cc1ccccc1)NC1CCCC(S(=O)CC)C1. The zero-order valence-electron chi connectivity index (χ0n) is 17.6. The van der Waals surface area contributed by atoms with E-state index in [2.05, 4.69) is 15.6 Å². The van der Waals surface area contributed by atoms with E-state index in [9.17, 15) is 12.6 Å². The van der Waals surface area contributed by atoms with E-state index >= 15 is 0 Å². The van der Waals surface area contributed by atoms with Gasteiger partial charge in [-0.15, -0.1) is 0 Å². The Balaban J connectivity index is 1.83. The Hall–Kier alpha value is -1.41. The van der Waals surface area contributed by atoms with E-state index in [1.54, 1.807) is 0 Å². The van der Waals surface area contributed by atoms with Gasteiger partial charge < -0.3 is 10.6 Å². The fraction of sp³-hybridized carbons (Fsp3) is 0.667. The molecule has 0 aliphatic heterocycles. The van der Waals surface area contributed by atoms with Crippen molar-refractivity contribution in [3.63, 3.8) is 0 Å². The molecule has 0 saturated heterocycles. The van der Waals surface area contributed by atoms with Crippen molar-refractivity contribution < 1.29 is 12.6 Å². The topological polar surface area (TPSA) is 87.6 Å². The van der Waals surface area contributed by atoms with Crippen LogP contribution in [0.5, 0.6) is 0 Å². The number of aliphatic imine (C=N–C) groups is 1. The highest BCUT2D eigenvalue weighted by Crippen LogP contribution is 2.23. The van der Waals surface area contributed by atoms with Gasteiger partial charge in [0.15, 0.2) is 15.8 Å². The summed E-state index contributed by atoms with van der Waals surface area (Å²) < 4.78 is 36.8. The molecule has 2 rings (SSSR count). The van der Waals surface area contributed by atoms with Crippen molar-refractivity contribution in [1.82, 2.24) is 10.6 Å². The lowest BCUT2D eigenvalue weighted by atomic mass is 9.95. The lowest BCUT2D eigenvalue weighted by Crippen LogP contribution is -2.46. The van der Waals surface area contributed by atoms with Crippen LogP contribution in [0.15, 0.2) is 35.3 Å². The molecule has 0 radical (unpaired) electrons. The Bertz CT molecular complexity index is 767. The van der Waals surface area contributed by atoms with Crippen LogP contribution in [-0.4, -0.2) is 54.5 Å². The zero-order chi connectivity index (χ0) is 21.1. The lowest BCUT2D eigenvalue weighted by Gasteiger charge is -2.30. The Morgan fingerprint density at radius 2 is 1.97 bits per heavy atom. The molecule has 2 N–H and O–H groups in total. The van der Waals surface area contributed by atoms with Gasteiger partial charge in [0.25, 0.3) is 0 Å². The summed E-state index contributed by atoms with van der Waals surface area (Å²) in [5.74, 6) is 1.64. The van der Waals surface area contributed by atoms with E-state index in [-0.39, 0.29) is 22.8 Å². The highest BCUT2D eigenvalue weighted by atomic mass is 32.2. The van der Waals surface area contributed by atoms with E-state index < -0.39 is 20.6 Å². The van der Waals surface area contributed by atoms with Crippen molar-refractivity contribution >= 4 is 26.6 Å². The second-order valence-corrected chi connectivity index (χ2v) is 11.7. The molecule has 164 valence electrons. The van der Waals surface area contributed by atoms with Gasteiger partial charge in [-0.25, -0.2) is 8.42 Å². The largest absolute Gasteiger partial charge is 0.357 e. The van der Waals surface area contributed by atoms with E-state index in [0.29, 0.717) is 18.7 Å². The van der Waals surface area contributed by atoms with Crippen molar-refractivity contribution in [2.24, 2.45) is 4.99 Å². The van der Waals surface area contributed by atoms with Gasteiger partial charge in [0, 0.05) is 40.9 Å². The second kappa shape index (κ2) is 12.3. The molecule has 0 heterocycles. The summed E-state index contributed by atoms with van der Waals surface area (Å²) in [4.78, 5) is 4.56. The highest BCUT2D eigenvalue weighted by molar-refractivity contribution is 7.90. The molecule has 3 atom stereocenters. The third kappa shape index (κ3) is 8.86. The number of nitrogens with zero attached hydrogens (tertiary/aromatic N) is 1. The normalized spacial score (nSPS) is 21.5. The summed E-state index contributed by atoms with van der Waals surface area (Å²) in [7, 11) is -3.89. The molecule has 3 unspecified atom stereocenters. The van der Waals surface area contributed by atoms with Crippen LogP contribution in [0.3, 0.4) is 0 Å². The van der Waals surface area contributed by atoms with Crippen molar-refractivity contribution in [2.75, 3.05) is 24.6 Å². The van der Waals surface area contributed by atoms with Crippen LogP contribution in [0.4, 0.5) is 0 Å². The van der Waals surface area contributed by atoms with Gasteiger partial charge in [-0.2, -0.15) is 0 Å². The smallest absolute Gasteiger partial charge is 0.191 e. The summed E-state index contributed by atoms with van der Waals surface area (Å²) in [6.45, 7) is 5.19. The Morgan fingerprint density at radius 1 is 1.21 bits per heavy atom. The van der Waals surface area contributed by atoms with Crippen molar-refractivity contribution in [3.05, 3.63) is 35.9 Å². The molecule has 29 heavy (non-hydrogen) atoms. The zero-order valence-corrected chi connectivity index (χ0v) is 19.2. The predicted octanol–water partition coefficient (Wildman–Crippen LogP) is 2.63. The molecular weight excluding hydrogens is 406 g/mol. The summed E-state index contributed by atoms with van der Waals surface area (Å²) >= 11 is 0. The maximum atomic E-state index is 12.3. The molecule has 1 aromatic rings. The van der Waals surface area contributed by atoms with Crippen LogP contribution in [0, 0.1) is 0 Å². The summed E-state index contributed by atoms with van der Waals surface area (Å²) in [6, 6.07) is 9.54. The van der Waals surface area contributed by atoms with Gasteiger partial charge in [0.1, 0.15) is 0 Å². The molecule has 0 amide bonds. The fourth-order valence-corrected chi connectivity index (χ4v) is 6.40. The van der Waals surface area contributed by atoms with Crippen LogP contribution in [0.25, 0.3) is 0 Å². The number of nitrogens with one attached hydrogen (secondary N) is 2. The van der Waals surface area contributed by atoms with Gasteiger partial charge in [0.05, 0.1) is 11.5 Å². The lowest BCUT2D eigenvalue weighted by molar-refractivity contribution is 0.413. The van der Waals surface area contributed by atoms with Gasteiger partial charge in [-0.3, -0.25) is 9.20 Å². The number of guanidine groups is 1. The Labute approximate surface area is 178 Å². The number of hydrogen-bond acceptors (Lipinski definition) is 4. The highest BCUT2D eigenvalue weighted by Gasteiger charge is 2.26. The van der Waals surface area contributed by atoms with E-state index in [0.717, 1.165) is 43.8 Å². The number of sulfone groups is 1. The molecule has 1 aliphatic carbocycles. The third-order valence-electron chi connectivity index (χ3n) is 5.08. The second-order valence-electron chi connectivity index (χ2n) is 7.49. The van der Waals surface area contributed by atoms with Crippen LogP contribution in [0.2, 0.25) is 0 Å². The molecule has 0 bridgehead atoms. The first-order chi connectivity index (χ1) is 13.9. The van der Waals surface area contributed by atoms with E-state index in [1.807, 2.05) is 44.2 Å². The summed E-state index contributed by atoms with van der Waals surface area (Å²) in [5.41, 5.74) is 0.822. The van der Waals surface area contributed by atoms with Gasteiger partial charge in [0.2, 0.25) is 0 Å². The van der Waals surface area contributed by atoms with Crippen molar-refractivity contribution in [3.8, 4) is 0 Å². The summed E-state index contributed by atoms with van der Waals surface area (Å²) in [5, 5.41) is 6.96. The maximum Gasteiger partial charge on any atom is 0.191 e. The first kappa shape index (κ1) is 23.9. The van der Waals surface area contributed by atoms with Gasteiger partial charge >= 0.3 is 0 Å². The average molecular weight is 442 g/mol. The van der Waals surface area contributed by atoms with Gasteiger partial charge in [-0.05, 0) is 38.2 Å². The fourth-order valence-electron chi connectivity index (χ4n) is 3.64. The average Bonchev–Trinajstić information content (AvgIpc) is 2.71. The van der Waals surface area contributed by atoms with Crippen molar-refractivity contribution in [2.45, 2.75) is 63.0 Å². The molecule has 1 aromatic carbocycles. The first-order valence-corrected chi connectivity index (χ1v) is 13.8. The number of benzene rings is 1. The Kier molecular flexibility index (Phi) is 10.1. The third-order valence-corrected chi connectivity index (χ3v) is 8.50. The molecule has 1 saturated carbocycles. The molecule has 0 aromatic heterocycles. The van der Waals surface area contributed by atoms with Gasteiger partial charge in [-0.1, -0.05) is 43.7 Å². The van der Waals surface area contributed by atoms with E-state index in [4.69, 9.17) is 0 Å². The maximum absolute atomic E-state index is 12.3. The molecule has 6 nitrogen and oxygen atoms in total. The number of rotatable bonds is 10. The monoisotopic (exact) mass is 441 g/mol. The Morgan fingerprint density at radius 3 is 2.66 bits per heavy atom. The van der Waals surface area contributed by atoms with Crippen LogP contribution in [-0.2, 0) is 26.4 Å². The molecule has 1 aliphatic rings. The first-order valence-electron chi connectivity index (χ1n) is 10.6. The van der Waals surface area contributed by atoms with Crippen molar-refractivity contribution in [1.29, 1.82) is 0 Å². The van der Waals surface area contributed by atoms with Crippen LogP contribution < -0.4 is 10.6 Å². The molecular formula is C21H35N3O3S2. The number of hydrogen-bond donors (Lipinski definition) is 2. The quantitative estimate of drug-likeness (QED) is 0.331. The van der Waals surface area contributed by atoms with Crippen LogP contribution in [0.1, 0.15) is 51.5 Å². The minimum Gasteiger partial charge on any atom is -0.357 e. The minimum absolute atomic E-state index is 0.0773. The standard InChI is InChI=1S/C21H35N3O3S2/c1-3-22-21(24-19-12-8-13-20(16-19)28(25)4-2)23-14-9-15-29(26,27)17-18-10-6-5-7-11-18/h5-7,10-11,19-20H,3-4,8-9,12-17H2,1-2H3,(H2,22,23,24). The van der Waals surface area contributed by atoms with Crippen LogP contribution >= 0.6 is 0 Å². The molecule has 0 spiro atoms. The molecule has 1 fully saturated rings.